The van der Waals surface area contributed by atoms with Crippen LogP contribution in [0.1, 0.15) is 11.5 Å². The van der Waals surface area contributed by atoms with E-state index in [4.69, 9.17) is 11.6 Å². The molecule has 7 nitrogen and oxygen atoms in total. The number of para-hydroxylation sites is 1. The minimum absolute atomic E-state index is 0.0657. The molecule has 0 spiro atoms. The van der Waals surface area contributed by atoms with Crippen LogP contribution in [0, 0.1) is 5.92 Å². The van der Waals surface area contributed by atoms with E-state index < -0.39 is 0 Å². The van der Waals surface area contributed by atoms with Crippen molar-refractivity contribution in [1.82, 2.24) is 25.1 Å². The van der Waals surface area contributed by atoms with Crippen LogP contribution in [0.4, 0.5) is 5.95 Å². The summed E-state index contributed by atoms with van der Waals surface area (Å²) in [7, 11) is 1.87. The van der Waals surface area contributed by atoms with Crippen molar-refractivity contribution in [3.63, 3.8) is 0 Å². The first-order valence-electron chi connectivity index (χ1n) is 7.76. The third kappa shape index (κ3) is 2.65. The van der Waals surface area contributed by atoms with Gasteiger partial charge in [0.1, 0.15) is 5.52 Å². The maximum absolute atomic E-state index is 12.7. The molecule has 0 saturated carbocycles. The number of hydrogen-bond donors (Lipinski definition) is 3. The lowest BCUT2D eigenvalue weighted by Crippen LogP contribution is -2.28. The fourth-order valence-electron chi connectivity index (χ4n) is 3.20. The number of rotatable bonds is 3. The molecule has 1 amide bonds. The molecule has 24 heavy (non-hydrogen) atoms. The van der Waals surface area contributed by atoms with Gasteiger partial charge in [-0.05, 0) is 17.7 Å². The first-order chi connectivity index (χ1) is 11.6. The monoisotopic (exact) mass is 344 g/mol. The Bertz CT molecular complexity index is 901. The molecule has 2 aromatic heterocycles. The normalized spacial score (nSPS) is 20.6. The number of halogens is 1. The van der Waals surface area contributed by atoms with Gasteiger partial charge in [0.2, 0.25) is 11.9 Å². The van der Waals surface area contributed by atoms with Gasteiger partial charge in [0, 0.05) is 32.3 Å². The van der Waals surface area contributed by atoms with E-state index >= 15 is 0 Å². The summed E-state index contributed by atoms with van der Waals surface area (Å²) in [6.45, 7) is 1.39. The molecule has 1 aliphatic heterocycles. The highest BCUT2D eigenvalue weighted by Gasteiger charge is 2.35. The number of carbonyl (C=O) groups is 1. The summed E-state index contributed by atoms with van der Waals surface area (Å²) in [5.41, 5.74) is 2.52. The number of anilines is 1. The molecule has 0 bridgehead atoms. The number of nitrogens with zero attached hydrogens (tertiary/aromatic N) is 3. The zero-order valence-electron chi connectivity index (χ0n) is 13.1. The van der Waals surface area contributed by atoms with Gasteiger partial charge in [0.15, 0.2) is 0 Å². The van der Waals surface area contributed by atoms with Crippen LogP contribution in [0.15, 0.2) is 30.6 Å². The van der Waals surface area contributed by atoms with E-state index in [1.807, 2.05) is 31.6 Å². The second kappa shape index (κ2) is 5.92. The average Bonchev–Trinajstić information content (AvgIpc) is 3.25. The van der Waals surface area contributed by atoms with Crippen molar-refractivity contribution in [2.24, 2.45) is 13.0 Å². The summed E-state index contributed by atoms with van der Waals surface area (Å²) < 4.78 is 1.75. The summed E-state index contributed by atoms with van der Waals surface area (Å²) in [4.78, 5) is 20.2. The fraction of sp³-hybridized carbons (Fsp3) is 0.312. The van der Waals surface area contributed by atoms with E-state index in [2.05, 4.69) is 25.7 Å². The Balaban J connectivity index is 1.55. The lowest BCUT2D eigenvalue weighted by molar-refractivity contribution is -0.119. The minimum Gasteiger partial charge on any atom is -0.324 e. The summed E-state index contributed by atoms with van der Waals surface area (Å²) in [5, 5.41) is 10.9. The second-order valence-electron chi connectivity index (χ2n) is 6.03. The maximum Gasteiger partial charge on any atom is 0.231 e. The highest BCUT2D eigenvalue weighted by molar-refractivity contribution is 6.35. The lowest BCUT2D eigenvalue weighted by atomic mass is 9.90. The number of benzene rings is 1. The molecule has 124 valence electrons. The number of H-pyrrole nitrogens is 1. The number of imidazole rings is 1. The summed E-state index contributed by atoms with van der Waals surface area (Å²) >= 11 is 6.13. The Morgan fingerprint density at radius 1 is 1.42 bits per heavy atom. The van der Waals surface area contributed by atoms with Crippen molar-refractivity contribution in [3.8, 4) is 0 Å². The van der Waals surface area contributed by atoms with E-state index in [1.165, 1.54) is 0 Å². The molecule has 3 N–H and O–H groups in total. The molecule has 3 aromatic rings. The van der Waals surface area contributed by atoms with Gasteiger partial charge in [0.25, 0.3) is 0 Å². The van der Waals surface area contributed by atoms with Gasteiger partial charge in [-0.3, -0.25) is 14.8 Å². The van der Waals surface area contributed by atoms with Crippen molar-refractivity contribution in [2.75, 3.05) is 18.4 Å². The third-order valence-corrected chi connectivity index (χ3v) is 4.71. The van der Waals surface area contributed by atoms with Gasteiger partial charge < -0.3 is 10.3 Å². The number of nitrogens with one attached hydrogen (secondary N) is 3. The highest BCUT2D eigenvalue weighted by atomic mass is 35.5. The average molecular weight is 345 g/mol. The molecule has 0 radical (unpaired) electrons. The first-order valence-corrected chi connectivity index (χ1v) is 8.14. The van der Waals surface area contributed by atoms with Gasteiger partial charge in [-0.15, -0.1) is 0 Å². The van der Waals surface area contributed by atoms with Gasteiger partial charge in [-0.25, -0.2) is 4.98 Å². The topological polar surface area (TPSA) is 87.6 Å². The molecule has 4 rings (SSSR count). The standard InChI is InChI=1S/C16H17ClN6O/c1-23-8-9(5-19-23)10-6-18-7-11(10)15(24)22-16-20-13-4-2-3-12(17)14(13)21-16/h2-5,8,10-11,18H,6-7H2,1H3,(H2,20,21,22,24)/t10-,11+/m1/s1. The largest absolute Gasteiger partial charge is 0.324 e. The quantitative estimate of drug-likeness (QED) is 0.677. The van der Waals surface area contributed by atoms with Gasteiger partial charge in [-0.2, -0.15) is 5.10 Å². The fourth-order valence-corrected chi connectivity index (χ4v) is 3.42. The molecule has 1 saturated heterocycles. The second-order valence-corrected chi connectivity index (χ2v) is 6.44. The molecule has 0 unspecified atom stereocenters. The van der Waals surface area contributed by atoms with E-state index in [0.29, 0.717) is 23.0 Å². The molecule has 1 aliphatic rings. The van der Waals surface area contributed by atoms with Crippen LogP contribution in [0.5, 0.6) is 0 Å². The molecular formula is C16H17ClN6O. The molecular weight excluding hydrogens is 328 g/mol. The van der Waals surface area contributed by atoms with E-state index in [0.717, 1.165) is 17.6 Å². The number of aryl methyl sites for hydroxylation is 1. The van der Waals surface area contributed by atoms with Gasteiger partial charge in [0.05, 0.1) is 22.7 Å². The Kier molecular flexibility index (Phi) is 3.74. The van der Waals surface area contributed by atoms with Crippen LogP contribution in [-0.2, 0) is 11.8 Å². The van der Waals surface area contributed by atoms with Crippen molar-refractivity contribution < 1.29 is 4.79 Å². The number of aromatic nitrogens is 4. The van der Waals surface area contributed by atoms with Crippen molar-refractivity contribution in [1.29, 1.82) is 0 Å². The SMILES string of the molecule is Cn1cc([C@H]2CNC[C@@H]2C(=O)Nc2nc3c(Cl)cccc3[nH]2)cn1. The maximum atomic E-state index is 12.7. The zero-order chi connectivity index (χ0) is 16.7. The van der Waals surface area contributed by atoms with Crippen LogP contribution in [0.2, 0.25) is 5.02 Å². The highest BCUT2D eigenvalue weighted by Crippen LogP contribution is 2.29. The Morgan fingerprint density at radius 2 is 2.29 bits per heavy atom. The number of fused-ring (bicyclic) bond motifs is 1. The van der Waals surface area contributed by atoms with Crippen molar-refractivity contribution in [3.05, 3.63) is 41.2 Å². The smallest absolute Gasteiger partial charge is 0.231 e. The number of amides is 1. The molecule has 0 aliphatic carbocycles. The minimum atomic E-state index is -0.169. The molecule has 8 heteroatoms. The molecule has 1 aromatic carbocycles. The van der Waals surface area contributed by atoms with Crippen LogP contribution < -0.4 is 10.6 Å². The van der Waals surface area contributed by atoms with E-state index in [1.54, 1.807) is 10.7 Å². The van der Waals surface area contributed by atoms with Crippen LogP contribution in [0.25, 0.3) is 11.0 Å². The predicted molar refractivity (Wildman–Crippen MR) is 92.0 cm³/mol. The Hall–Kier alpha value is -2.38. The van der Waals surface area contributed by atoms with Gasteiger partial charge in [-0.1, -0.05) is 17.7 Å². The van der Waals surface area contributed by atoms with Gasteiger partial charge >= 0.3 is 0 Å². The van der Waals surface area contributed by atoms with Crippen molar-refractivity contribution in [2.45, 2.75) is 5.92 Å². The molecule has 2 atom stereocenters. The number of carbonyl (C=O) groups excluding carboxylic acids is 1. The summed E-state index contributed by atoms with van der Waals surface area (Å²) in [6, 6.07) is 5.49. The Labute approximate surface area is 143 Å². The van der Waals surface area contributed by atoms with Crippen LogP contribution in [0.3, 0.4) is 0 Å². The molecule has 3 heterocycles. The summed E-state index contributed by atoms with van der Waals surface area (Å²) in [5.74, 6) is 0.286. The first kappa shape index (κ1) is 15.2. The van der Waals surface area contributed by atoms with Crippen LogP contribution >= 0.6 is 11.6 Å². The number of hydrogen-bond acceptors (Lipinski definition) is 4. The summed E-state index contributed by atoms with van der Waals surface area (Å²) in [6.07, 6.45) is 3.78. The molecule has 1 fully saturated rings. The van der Waals surface area contributed by atoms with E-state index in [9.17, 15) is 4.79 Å². The van der Waals surface area contributed by atoms with Crippen molar-refractivity contribution >= 4 is 34.5 Å². The van der Waals surface area contributed by atoms with E-state index in [-0.39, 0.29) is 17.7 Å². The third-order valence-electron chi connectivity index (χ3n) is 4.41. The number of aromatic amines is 1. The Morgan fingerprint density at radius 3 is 3.04 bits per heavy atom. The lowest BCUT2D eigenvalue weighted by Gasteiger charge is -2.15. The van der Waals surface area contributed by atoms with Crippen LogP contribution in [-0.4, -0.2) is 38.7 Å². The predicted octanol–water partition coefficient (Wildman–Crippen LogP) is 1.89. The zero-order valence-corrected chi connectivity index (χ0v) is 13.8.